The second-order valence-electron chi connectivity index (χ2n) is 2.36. The summed E-state index contributed by atoms with van der Waals surface area (Å²) in [4.78, 5) is 0. The van der Waals surface area contributed by atoms with Crippen LogP contribution in [0.25, 0.3) is 0 Å². The summed E-state index contributed by atoms with van der Waals surface area (Å²) in [5.41, 5.74) is 7.36. The molecule has 0 aliphatic rings. The standard InChI is InChI=1S/C8H9ClN2.C2H6/c1-5(10)7-3-2-6(9)4-8(7)11;1-2/h2-4,10H,11H2,1H3;1-2H3. The van der Waals surface area contributed by atoms with Gasteiger partial charge in [-0.25, -0.2) is 0 Å². The Bertz CT molecular complexity index is 295. The first-order chi connectivity index (χ1) is 6.11. The minimum absolute atomic E-state index is 0.458. The molecule has 0 fully saturated rings. The van der Waals surface area contributed by atoms with E-state index >= 15 is 0 Å². The van der Waals surface area contributed by atoms with E-state index in [4.69, 9.17) is 22.7 Å². The van der Waals surface area contributed by atoms with Crippen molar-refractivity contribution in [1.29, 1.82) is 5.41 Å². The Balaban J connectivity index is 0.000000671. The molecule has 3 heteroatoms. The number of benzene rings is 1. The fourth-order valence-electron chi connectivity index (χ4n) is 0.875. The highest BCUT2D eigenvalue weighted by Crippen LogP contribution is 2.17. The molecule has 0 heterocycles. The van der Waals surface area contributed by atoms with Gasteiger partial charge in [-0.3, -0.25) is 0 Å². The Hall–Kier alpha value is -1.02. The molecule has 13 heavy (non-hydrogen) atoms. The molecule has 2 nitrogen and oxygen atoms in total. The number of hydrogen-bond acceptors (Lipinski definition) is 2. The summed E-state index contributed by atoms with van der Waals surface area (Å²) in [6.45, 7) is 5.69. The average Bonchev–Trinajstić information content (AvgIpc) is 2.07. The van der Waals surface area contributed by atoms with Gasteiger partial charge in [0.1, 0.15) is 0 Å². The van der Waals surface area contributed by atoms with E-state index in [0.717, 1.165) is 5.56 Å². The predicted octanol–water partition coefficient (Wildman–Crippen LogP) is 3.34. The van der Waals surface area contributed by atoms with Gasteiger partial charge in [-0.15, -0.1) is 0 Å². The Morgan fingerprint density at radius 3 is 2.31 bits per heavy atom. The van der Waals surface area contributed by atoms with Crippen LogP contribution in [0.5, 0.6) is 0 Å². The van der Waals surface area contributed by atoms with Crippen LogP contribution in [-0.2, 0) is 0 Å². The van der Waals surface area contributed by atoms with Gasteiger partial charge in [-0.2, -0.15) is 0 Å². The van der Waals surface area contributed by atoms with E-state index in [1.807, 2.05) is 13.8 Å². The molecule has 0 amide bonds. The quantitative estimate of drug-likeness (QED) is 0.528. The second-order valence-corrected chi connectivity index (χ2v) is 2.79. The lowest BCUT2D eigenvalue weighted by Gasteiger charge is -2.02. The van der Waals surface area contributed by atoms with Crippen LogP contribution in [0.3, 0.4) is 0 Å². The van der Waals surface area contributed by atoms with Gasteiger partial charge in [0.2, 0.25) is 0 Å². The SMILES string of the molecule is CC.CC(=N)c1ccc(Cl)cc1N. The van der Waals surface area contributed by atoms with Crippen LogP contribution in [0.15, 0.2) is 18.2 Å². The largest absolute Gasteiger partial charge is 0.398 e. The number of hydrogen-bond donors (Lipinski definition) is 2. The summed E-state index contributed by atoms with van der Waals surface area (Å²) in [5.74, 6) is 0. The maximum atomic E-state index is 7.32. The number of rotatable bonds is 1. The van der Waals surface area contributed by atoms with Crippen LogP contribution >= 0.6 is 11.6 Å². The highest BCUT2D eigenvalue weighted by Gasteiger charge is 2.00. The van der Waals surface area contributed by atoms with Gasteiger partial charge < -0.3 is 11.1 Å². The van der Waals surface area contributed by atoms with Gasteiger partial charge in [0.05, 0.1) is 0 Å². The number of nitrogens with one attached hydrogen (secondary N) is 1. The Kier molecular flexibility index (Phi) is 5.16. The first-order valence-corrected chi connectivity index (χ1v) is 4.59. The molecule has 0 aliphatic heterocycles. The van der Waals surface area contributed by atoms with E-state index in [9.17, 15) is 0 Å². The van der Waals surface area contributed by atoms with E-state index in [1.165, 1.54) is 0 Å². The van der Waals surface area contributed by atoms with Crippen LogP contribution in [-0.4, -0.2) is 5.71 Å². The lowest BCUT2D eigenvalue weighted by atomic mass is 10.1. The molecule has 0 atom stereocenters. The zero-order valence-corrected chi connectivity index (χ0v) is 8.94. The summed E-state index contributed by atoms with van der Waals surface area (Å²) in [7, 11) is 0. The Morgan fingerprint density at radius 1 is 1.38 bits per heavy atom. The molecule has 0 saturated heterocycles. The average molecular weight is 199 g/mol. The Labute approximate surface area is 84.2 Å². The van der Waals surface area contributed by atoms with Crippen molar-refractivity contribution < 1.29 is 0 Å². The monoisotopic (exact) mass is 198 g/mol. The van der Waals surface area contributed by atoms with Crippen molar-refractivity contribution in [2.75, 3.05) is 5.73 Å². The van der Waals surface area contributed by atoms with Gasteiger partial charge in [0, 0.05) is 22.0 Å². The van der Waals surface area contributed by atoms with Crippen LogP contribution < -0.4 is 5.73 Å². The minimum atomic E-state index is 0.458. The van der Waals surface area contributed by atoms with Crippen molar-refractivity contribution >= 4 is 23.0 Å². The summed E-state index contributed by atoms with van der Waals surface area (Å²) in [6.07, 6.45) is 0. The van der Waals surface area contributed by atoms with Gasteiger partial charge in [-0.05, 0) is 25.1 Å². The maximum absolute atomic E-state index is 7.32. The van der Waals surface area contributed by atoms with Crippen molar-refractivity contribution in [3.63, 3.8) is 0 Å². The number of nitrogens with two attached hydrogens (primary N) is 1. The molecule has 72 valence electrons. The molecule has 0 bridgehead atoms. The van der Waals surface area contributed by atoms with Crippen molar-refractivity contribution in [3.8, 4) is 0 Å². The third-order valence-electron chi connectivity index (χ3n) is 1.42. The fourth-order valence-corrected chi connectivity index (χ4v) is 1.06. The van der Waals surface area contributed by atoms with E-state index in [2.05, 4.69) is 0 Å². The fraction of sp³-hybridized carbons (Fsp3) is 0.300. The molecule has 1 aromatic carbocycles. The third kappa shape index (κ3) is 3.47. The predicted molar refractivity (Wildman–Crippen MR) is 59.7 cm³/mol. The normalized spacial score (nSPS) is 8.62. The van der Waals surface area contributed by atoms with Gasteiger partial charge in [0.15, 0.2) is 0 Å². The smallest absolute Gasteiger partial charge is 0.0426 e. The zero-order chi connectivity index (χ0) is 10.4. The Morgan fingerprint density at radius 2 is 1.92 bits per heavy atom. The maximum Gasteiger partial charge on any atom is 0.0426 e. The van der Waals surface area contributed by atoms with Crippen molar-refractivity contribution in [2.45, 2.75) is 20.8 Å². The lowest BCUT2D eigenvalue weighted by molar-refractivity contribution is 1.46. The minimum Gasteiger partial charge on any atom is -0.398 e. The highest BCUT2D eigenvalue weighted by molar-refractivity contribution is 6.31. The molecular formula is C10H15ClN2. The third-order valence-corrected chi connectivity index (χ3v) is 1.65. The second kappa shape index (κ2) is 5.60. The lowest BCUT2D eigenvalue weighted by Crippen LogP contribution is -1.98. The molecule has 0 spiro atoms. The zero-order valence-electron chi connectivity index (χ0n) is 8.19. The summed E-state index contributed by atoms with van der Waals surface area (Å²) >= 11 is 5.67. The first-order valence-electron chi connectivity index (χ1n) is 4.22. The molecule has 0 aromatic heterocycles. The van der Waals surface area contributed by atoms with E-state index < -0.39 is 0 Å². The molecule has 3 N–H and O–H groups in total. The summed E-state index contributed by atoms with van der Waals surface area (Å²) < 4.78 is 0. The van der Waals surface area contributed by atoms with Crippen molar-refractivity contribution in [2.24, 2.45) is 0 Å². The number of nitrogen functional groups attached to an aromatic ring is 1. The topological polar surface area (TPSA) is 49.9 Å². The molecule has 0 unspecified atom stereocenters. The van der Waals surface area contributed by atoms with E-state index in [0.29, 0.717) is 16.4 Å². The van der Waals surface area contributed by atoms with Crippen LogP contribution in [0.4, 0.5) is 5.69 Å². The van der Waals surface area contributed by atoms with E-state index in [-0.39, 0.29) is 0 Å². The van der Waals surface area contributed by atoms with Crippen LogP contribution in [0.1, 0.15) is 26.3 Å². The van der Waals surface area contributed by atoms with Gasteiger partial charge >= 0.3 is 0 Å². The number of anilines is 1. The molecule has 0 aliphatic carbocycles. The first kappa shape index (κ1) is 12.0. The summed E-state index contributed by atoms with van der Waals surface area (Å²) in [6, 6.07) is 5.13. The summed E-state index contributed by atoms with van der Waals surface area (Å²) in [5, 5.41) is 7.93. The van der Waals surface area contributed by atoms with Gasteiger partial charge in [0.25, 0.3) is 0 Å². The van der Waals surface area contributed by atoms with Crippen LogP contribution in [0, 0.1) is 5.41 Å². The van der Waals surface area contributed by atoms with Crippen molar-refractivity contribution in [1.82, 2.24) is 0 Å². The molecule has 1 rings (SSSR count). The van der Waals surface area contributed by atoms with Crippen molar-refractivity contribution in [3.05, 3.63) is 28.8 Å². The van der Waals surface area contributed by atoms with Crippen LogP contribution in [0.2, 0.25) is 5.02 Å². The van der Waals surface area contributed by atoms with Gasteiger partial charge in [-0.1, -0.05) is 25.4 Å². The molecule has 1 aromatic rings. The molecular weight excluding hydrogens is 184 g/mol. The van der Waals surface area contributed by atoms with E-state index in [1.54, 1.807) is 25.1 Å². The number of halogens is 1. The highest BCUT2D eigenvalue weighted by atomic mass is 35.5. The molecule has 0 saturated carbocycles. The molecule has 0 radical (unpaired) electrons.